The molecule has 32 heavy (non-hydrogen) atoms. The zero-order chi connectivity index (χ0) is 23.5. The molecule has 1 atom stereocenters. The summed E-state index contributed by atoms with van der Waals surface area (Å²) in [5.41, 5.74) is 8.84. The summed E-state index contributed by atoms with van der Waals surface area (Å²) in [5.74, 6) is 1.24. The maximum absolute atomic E-state index is 13.0. The second-order valence-corrected chi connectivity index (χ2v) is 8.86. The number of benzene rings is 1. The van der Waals surface area contributed by atoms with E-state index in [9.17, 15) is 4.79 Å². The van der Waals surface area contributed by atoms with E-state index in [2.05, 4.69) is 42.6 Å². The zero-order valence-corrected chi connectivity index (χ0v) is 20.0. The van der Waals surface area contributed by atoms with Gasteiger partial charge in [0, 0.05) is 42.5 Å². The number of nitrogens with one attached hydrogen (secondary N) is 1. The standard InChI is InChI=1S/C27H38N4O/c1-6-8-21(10-7-9-20(4)13-19(2)3)27(32)31-26-15-24-14-22(25(16-28)17-29-5)11-12-23(24)18-30-26/h11-12,14-19,21H,4,6-10,13,28H2,1-3,5H3,(H,30,31,32). The highest BCUT2D eigenvalue weighted by Gasteiger charge is 2.18. The minimum Gasteiger partial charge on any atom is -0.404 e. The number of pyridine rings is 1. The first-order chi connectivity index (χ1) is 15.4. The van der Waals surface area contributed by atoms with Crippen LogP contribution in [0, 0.1) is 11.8 Å². The molecule has 0 fully saturated rings. The number of carbonyl (C=O) groups excluding carboxylic acids is 1. The van der Waals surface area contributed by atoms with Gasteiger partial charge in [0.1, 0.15) is 5.82 Å². The number of aliphatic imine (C=N–C) groups is 1. The molecule has 0 radical (unpaired) electrons. The van der Waals surface area contributed by atoms with Gasteiger partial charge in [0.2, 0.25) is 5.91 Å². The third kappa shape index (κ3) is 7.63. The minimum absolute atomic E-state index is 0.0109. The molecule has 0 aliphatic carbocycles. The highest BCUT2D eigenvalue weighted by Crippen LogP contribution is 2.24. The molecule has 1 unspecified atom stereocenters. The van der Waals surface area contributed by atoms with Gasteiger partial charge in [-0.1, -0.05) is 51.5 Å². The van der Waals surface area contributed by atoms with Crippen molar-refractivity contribution in [2.45, 2.75) is 59.3 Å². The number of fused-ring (bicyclic) bond motifs is 1. The van der Waals surface area contributed by atoms with Crippen molar-refractivity contribution in [2.75, 3.05) is 12.4 Å². The lowest BCUT2D eigenvalue weighted by Crippen LogP contribution is -2.23. The highest BCUT2D eigenvalue weighted by molar-refractivity contribution is 6.10. The van der Waals surface area contributed by atoms with Crippen LogP contribution in [0.5, 0.6) is 0 Å². The van der Waals surface area contributed by atoms with E-state index >= 15 is 0 Å². The van der Waals surface area contributed by atoms with Crippen molar-refractivity contribution in [1.29, 1.82) is 0 Å². The van der Waals surface area contributed by atoms with Crippen molar-refractivity contribution < 1.29 is 4.79 Å². The second-order valence-electron chi connectivity index (χ2n) is 8.86. The molecule has 1 heterocycles. The van der Waals surface area contributed by atoms with Crippen LogP contribution in [0.15, 0.2) is 53.8 Å². The first kappa shape index (κ1) is 25.3. The lowest BCUT2D eigenvalue weighted by atomic mass is 9.93. The van der Waals surface area contributed by atoms with Crippen molar-refractivity contribution in [3.8, 4) is 0 Å². The van der Waals surface area contributed by atoms with Crippen molar-refractivity contribution in [3.63, 3.8) is 0 Å². The van der Waals surface area contributed by atoms with Gasteiger partial charge < -0.3 is 11.1 Å². The van der Waals surface area contributed by atoms with Gasteiger partial charge in [0.25, 0.3) is 0 Å². The normalized spacial score (nSPS) is 13.1. The van der Waals surface area contributed by atoms with Crippen molar-refractivity contribution in [1.82, 2.24) is 4.98 Å². The molecule has 5 heteroatoms. The van der Waals surface area contributed by atoms with Gasteiger partial charge in [-0.05, 0) is 61.1 Å². The number of rotatable bonds is 12. The fourth-order valence-corrected chi connectivity index (χ4v) is 4.00. The van der Waals surface area contributed by atoms with E-state index < -0.39 is 0 Å². The Morgan fingerprint density at radius 2 is 2.03 bits per heavy atom. The highest BCUT2D eigenvalue weighted by atomic mass is 16.1. The molecule has 0 aliphatic heterocycles. The SMILES string of the molecule is C=C(CCCC(CCC)C(=O)Nc1cc2cc(C(C=NC)=CN)ccc2cn1)CC(C)C. The summed E-state index contributed by atoms with van der Waals surface area (Å²) in [6.45, 7) is 10.7. The number of carbonyl (C=O) groups is 1. The Morgan fingerprint density at radius 3 is 2.69 bits per heavy atom. The van der Waals surface area contributed by atoms with Crippen LogP contribution in [0.1, 0.15) is 64.9 Å². The monoisotopic (exact) mass is 434 g/mol. The van der Waals surface area contributed by atoms with Crippen LogP contribution in [0.25, 0.3) is 16.3 Å². The molecule has 0 spiro atoms. The summed E-state index contributed by atoms with van der Waals surface area (Å²) in [5, 5.41) is 5.04. The molecule has 1 aromatic heterocycles. The molecule has 2 aromatic rings. The molecule has 0 saturated carbocycles. The van der Waals surface area contributed by atoms with E-state index in [-0.39, 0.29) is 11.8 Å². The van der Waals surface area contributed by atoms with E-state index in [0.29, 0.717) is 11.7 Å². The number of amides is 1. The Morgan fingerprint density at radius 1 is 1.25 bits per heavy atom. The Balaban J connectivity index is 2.09. The number of hydrogen-bond donors (Lipinski definition) is 2. The van der Waals surface area contributed by atoms with E-state index in [1.54, 1.807) is 25.7 Å². The molecule has 5 nitrogen and oxygen atoms in total. The fraction of sp³-hybridized carbons (Fsp3) is 0.444. The van der Waals surface area contributed by atoms with E-state index in [4.69, 9.17) is 5.73 Å². The molecular formula is C27H38N4O. The lowest BCUT2D eigenvalue weighted by Gasteiger charge is -2.17. The van der Waals surface area contributed by atoms with E-state index in [0.717, 1.165) is 60.4 Å². The molecule has 0 aliphatic rings. The van der Waals surface area contributed by atoms with Gasteiger partial charge in [0.05, 0.1) is 0 Å². The molecule has 1 aromatic carbocycles. The topological polar surface area (TPSA) is 80.4 Å². The smallest absolute Gasteiger partial charge is 0.228 e. The number of nitrogens with zero attached hydrogens (tertiary/aromatic N) is 2. The number of aromatic nitrogens is 1. The van der Waals surface area contributed by atoms with E-state index in [1.807, 2.05) is 24.3 Å². The Hall–Kier alpha value is -2.95. The van der Waals surface area contributed by atoms with Crippen LogP contribution >= 0.6 is 0 Å². The Bertz CT molecular complexity index is 975. The average Bonchev–Trinajstić information content (AvgIpc) is 2.75. The summed E-state index contributed by atoms with van der Waals surface area (Å²) in [4.78, 5) is 21.5. The second kappa shape index (κ2) is 12.8. The van der Waals surface area contributed by atoms with Crippen LogP contribution in [0.2, 0.25) is 0 Å². The van der Waals surface area contributed by atoms with Crippen LogP contribution in [-0.2, 0) is 4.79 Å². The first-order valence-electron chi connectivity index (χ1n) is 11.6. The largest absolute Gasteiger partial charge is 0.404 e. The third-order valence-electron chi connectivity index (χ3n) is 5.54. The summed E-state index contributed by atoms with van der Waals surface area (Å²) < 4.78 is 0. The van der Waals surface area contributed by atoms with Crippen LogP contribution < -0.4 is 11.1 Å². The molecule has 0 bridgehead atoms. The number of allylic oxidation sites excluding steroid dienone is 2. The molecule has 0 saturated heterocycles. The molecule has 3 N–H and O–H groups in total. The van der Waals surface area contributed by atoms with Gasteiger partial charge in [0.15, 0.2) is 0 Å². The summed E-state index contributed by atoms with van der Waals surface area (Å²) in [7, 11) is 1.72. The molecule has 172 valence electrons. The third-order valence-corrected chi connectivity index (χ3v) is 5.54. The van der Waals surface area contributed by atoms with E-state index in [1.165, 1.54) is 5.57 Å². The first-order valence-corrected chi connectivity index (χ1v) is 11.6. The number of hydrogen-bond acceptors (Lipinski definition) is 4. The fourth-order valence-electron chi connectivity index (χ4n) is 4.00. The van der Waals surface area contributed by atoms with Gasteiger partial charge in [-0.25, -0.2) is 4.98 Å². The maximum Gasteiger partial charge on any atom is 0.228 e. The molecule has 2 rings (SSSR count). The summed E-state index contributed by atoms with van der Waals surface area (Å²) in [6, 6.07) is 7.95. The summed E-state index contributed by atoms with van der Waals surface area (Å²) in [6.07, 6.45) is 10.8. The van der Waals surface area contributed by atoms with Gasteiger partial charge in [-0.2, -0.15) is 0 Å². The van der Waals surface area contributed by atoms with Crippen molar-refractivity contribution in [2.24, 2.45) is 22.6 Å². The summed E-state index contributed by atoms with van der Waals surface area (Å²) >= 11 is 0. The lowest BCUT2D eigenvalue weighted by molar-refractivity contribution is -0.120. The zero-order valence-electron chi connectivity index (χ0n) is 20.0. The maximum atomic E-state index is 13.0. The number of nitrogens with two attached hydrogens (primary N) is 1. The Kier molecular flexibility index (Phi) is 10.1. The predicted molar refractivity (Wildman–Crippen MR) is 138 cm³/mol. The average molecular weight is 435 g/mol. The van der Waals surface area contributed by atoms with Crippen LogP contribution in [0.4, 0.5) is 5.82 Å². The molecule has 1 amide bonds. The van der Waals surface area contributed by atoms with Crippen LogP contribution in [-0.4, -0.2) is 24.2 Å². The minimum atomic E-state index is -0.0109. The predicted octanol–water partition coefficient (Wildman–Crippen LogP) is 6.36. The Labute approximate surface area is 192 Å². The van der Waals surface area contributed by atoms with Gasteiger partial charge >= 0.3 is 0 Å². The number of anilines is 1. The van der Waals surface area contributed by atoms with Crippen LogP contribution in [0.3, 0.4) is 0 Å². The quantitative estimate of drug-likeness (QED) is 0.301. The van der Waals surface area contributed by atoms with Gasteiger partial charge in [-0.3, -0.25) is 9.79 Å². The molecular weight excluding hydrogens is 396 g/mol. The van der Waals surface area contributed by atoms with Gasteiger partial charge in [-0.15, -0.1) is 0 Å². The van der Waals surface area contributed by atoms with Crippen molar-refractivity contribution in [3.05, 3.63) is 54.4 Å². The van der Waals surface area contributed by atoms with Crippen molar-refractivity contribution >= 4 is 34.3 Å².